The van der Waals surface area contributed by atoms with Crippen LogP contribution < -0.4 is 5.56 Å². The molecule has 0 aliphatic rings. The third kappa shape index (κ3) is 1.51. The molecule has 5 heteroatoms. The summed E-state index contributed by atoms with van der Waals surface area (Å²) in [6.07, 6.45) is 0. The van der Waals surface area contributed by atoms with E-state index in [1.807, 2.05) is 0 Å². The predicted octanol–water partition coefficient (Wildman–Crippen LogP) is -0.435. The largest absolute Gasteiger partial charge is 0.477 e. The first-order valence-corrected chi connectivity index (χ1v) is 3.21. The first kappa shape index (κ1) is 8.48. The summed E-state index contributed by atoms with van der Waals surface area (Å²) in [4.78, 5) is 23.5. The van der Waals surface area contributed by atoms with Crippen LogP contribution in [0.3, 0.4) is 0 Å². The molecule has 1 aromatic rings. The molecule has 5 nitrogen and oxygen atoms in total. The summed E-state index contributed by atoms with van der Waals surface area (Å²) in [5.74, 6) is -1.28. The molecule has 1 heterocycles. The van der Waals surface area contributed by atoms with Crippen molar-refractivity contribution < 1.29 is 15.0 Å². The van der Waals surface area contributed by atoms with E-state index in [0.717, 1.165) is 6.07 Å². The minimum atomic E-state index is -1.28. The minimum Gasteiger partial charge on any atom is -0.477 e. The van der Waals surface area contributed by atoms with Crippen molar-refractivity contribution in [3.63, 3.8) is 0 Å². The van der Waals surface area contributed by atoms with Gasteiger partial charge in [0.05, 0.1) is 6.61 Å². The van der Waals surface area contributed by atoms with Gasteiger partial charge in [-0.3, -0.25) is 4.79 Å². The van der Waals surface area contributed by atoms with E-state index in [0.29, 0.717) is 5.69 Å². The van der Waals surface area contributed by atoms with Crippen LogP contribution in [-0.4, -0.2) is 21.2 Å². The smallest absolute Gasteiger partial charge is 0.341 e. The van der Waals surface area contributed by atoms with Gasteiger partial charge in [0.2, 0.25) is 0 Å². The Hall–Kier alpha value is -1.62. The number of aromatic amines is 1. The van der Waals surface area contributed by atoms with E-state index >= 15 is 0 Å². The summed E-state index contributed by atoms with van der Waals surface area (Å²) >= 11 is 0. The first-order valence-electron chi connectivity index (χ1n) is 3.21. The molecule has 3 N–H and O–H groups in total. The lowest BCUT2D eigenvalue weighted by Crippen LogP contribution is -2.18. The molecule has 0 saturated heterocycles. The number of rotatable bonds is 2. The zero-order valence-corrected chi connectivity index (χ0v) is 6.07. The van der Waals surface area contributed by atoms with E-state index in [-0.39, 0.29) is 12.2 Å². The van der Waals surface area contributed by atoms with Crippen molar-refractivity contribution in [2.45, 2.75) is 6.61 Å². The van der Waals surface area contributed by atoms with Gasteiger partial charge in [-0.2, -0.15) is 0 Å². The average Bonchev–Trinajstić information content (AvgIpc) is 2.03. The summed E-state index contributed by atoms with van der Waals surface area (Å²) in [7, 11) is 0. The molecule has 0 saturated carbocycles. The van der Waals surface area contributed by atoms with Gasteiger partial charge in [0, 0.05) is 5.69 Å². The number of carbonyl (C=O) groups is 1. The number of pyridine rings is 1. The third-order valence-corrected chi connectivity index (χ3v) is 1.37. The zero-order valence-electron chi connectivity index (χ0n) is 6.07. The van der Waals surface area contributed by atoms with Gasteiger partial charge in [0.25, 0.3) is 5.56 Å². The Kier molecular flexibility index (Phi) is 2.25. The Morgan fingerprint density at radius 1 is 1.50 bits per heavy atom. The van der Waals surface area contributed by atoms with Crippen LogP contribution in [-0.2, 0) is 6.61 Å². The number of carboxylic acids is 1. The topological polar surface area (TPSA) is 90.4 Å². The molecular formula is C7H7NO4. The minimum absolute atomic E-state index is 0.296. The fourth-order valence-corrected chi connectivity index (χ4v) is 0.775. The van der Waals surface area contributed by atoms with Crippen LogP contribution >= 0.6 is 0 Å². The number of nitrogens with one attached hydrogen (secondary N) is 1. The Bertz CT molecular complexity index is 355. The summed E-state index contributed by atoms with van der Waals surface area (Å²) in [5.41, 5.74) is -0.730. The molecule has 0 atom stereocenters. The maximum absolute atomic E-state index is 10.9. The molecule has 0 aromatic carbocycles. The SMILES string of the molecule is O=C(O)c1ccc(CO)[nH]c1=O. The van der Waals surface area contributed by atoms with E-state index in [4.69, 9.17) is 10.2 Å². The molecule has 0 aliphatic carbocycles. The van der Waals surface area contributed by atoms with Crippen molar-refractivity contribution in [2.24, 2.45) is 0 Å². The molecule has 12 heavy (non-hydrogen) atoms. The monoisotopic (exact) mass is 169 g/mol. The Morgan fingerprint density at radius 2 is 2.17 bits per heavy atom. The second-order valence-corrected chi connectivity index (χ2v) is 2.19. The van der Waals surface area contributed by atoms with E-state index in [1.54, 1.807) is 0 Å². The Labute approximate surface area is 67.3 Å². The lowest BCUT2D eigenvalue weighted by molar-refractivity contribution is 0.0694. The molecule has 0 amide bonds. The van der Waals surface area contributed by atoms with Crippen LogP contribution in [0.2, 0.25) is 0 Å². The van der Waals surface area contributed by atoms with Gasteiger partial charge in [0.1, 0.15) is 5.56 Å². The van der Waals surface area contributed by atoms with Crippen LogP contribution in [0.1, 0.15) is 16.1 Å². The van der Waals surface area contributed by atoms with Crippen molar-refractivity contribution in [3.05, 3.63) is 33.7 Å². The van der Waals surface area contributed by atoms with Crippen LogP contribution in [0.5, 0.6) is 0 Å². The van der Waals surface area contributed by atoms with Gasteiger partial charge in [0.15, 0.2) is 0 Å². The standard InChI is InChI=1S/C7H7NO4/c9-3-4-1-2-5(7(11)12)6(10)8-4/h1-2,9H,3H2,(H,8,10)(H,11,12). The zero-order chi connectivity index (χ0) is 9.14. The highest BCUT2D eigenvalue weighted by molar-refractivity contribution is 5.86. The molecule has 1 aromatic heterocycles. The van der Waals surface area contributed by atoms with E-state index in [1.165, 1.54) is 6.07 Å². The molecule has 0 aliphatic heterocycles. The lowest BCUT2D eigenvalue weighted by Gasteiger charge is -1.96. The number of H-pyrrole nitrogens is 1. The van der Waals surface area contributed by atoms with Crippen molar-refractivity contribution in [2.75, 3.05) is 0 Å². The van der Waals surface area contributed by atoms with Gasteiger partial charge in [-0.1, -0.05) is 0 Å². The number of hydrogen-bond acceptors (Lipinski definition) is 3. The summed E-state index contributed by atoms with van der Waals surface area (Å²) in [5, 5.41) is 17.0. The number of aliphatic hydroxyl groups excluding tert-OH is 1. The van der Waals surface area contributed by atoms with Crippen molar-refractivity contribution in [1.29, 1.82) is 0 Å². The van der Waals surface area contributed by atoms with Gasteiger partial charge in [-0.25, -0.2) is 4.79 Å². The fraction of sp³-hybridized carbons (Fsp3) is 0.143. The van der Waals surface area contributed by atoms with Gasteiger partial charge >= 0.3 is 5.97 Å². The molecule has 0 spiro atoms. The van der Waals surface area contributed by atoms with Crippen LogP contribution in [0, 0.1) is 0 Å². The second kappa shape index (κ2) is 3.19. The lowest BCUT2D eigenvalue weighted by atomic mass is 10.2. The van der Waals surface area contributed by atoms with Crippen LogP contribution in [0.4, 0.5) is 0 Å². The van der Waals surface area contributed by atoms with Gasteiger partial charge in [-0.05, 0) is 12.1 Å². The highest BCUT2D eigenvalue weighted by Gasteiger charge is 2.07. The second-order valence-electron chi connectivity index (χ2n) is 2.19. The molecule has 0 bridgehead atoms. The van der Waals surface area contributed by atoms with Crippen LogP contribution in [0.15, 0.2) is 16.9 Å². The highest BCUT2D eigenvalue weighted by atomic mass is 16.4. The van der Waals surface area contributed by atoms with Gasteiger partial charge < -0.3 is 15.2 Å². The molecule has 1 rings (SSSR count). The maximum atomic E-state index is 10.9. The summed E-state index contributed by atoms with van der Waals surface area (Å²) in [6, 6.07) is 2.51. The number of aliphatic hydroxyl groups is 1. The Balaban J connectivity index is 3.21. The van der Waals surface area contributed by atoms with Crippen LogP contribution in [0.25, 0.3) is 0 Å². The first-order chi connectivity index (χ1) is 5.65. The maximum Gasteiger partial charge on any atom is 0.341 e. The number of carboxylic acid groups (broad SMARTS) is 1. The molecule has 64 valence electrons. The summed E-state index contributed by atoms with van der Waals surface area (Å²) < 4.78 is 0. The average molecular weight is 169 g/mol. The van der Waals surface area contributed by atoms with E-state index in [9.17, 15) is 9.59 Å². The van der Waals surface area contributed by atoms with E-state index in [2.05, 4.69) is 4.98 Å². The van der Waals surface area contributed by atoms with Gasteiger partial charge in [-0.15, -0.1) is 0 Å². The van der Waals surface area contributed by atoms with Crippen molar-refractivity contribution in [1.82, 2.24) is 4.98 Å². The highest BCUT2D eigenvalue weighted by Crippen LogP contribution is 1.94. The molecule has 0 radical (unpaired) electrons. The quantitative estimate of drug-likeness (QED) is 0.560. The van der Waals surface area contributed by atoms with E-state index < -0.39 is 11.5 Å². The fourth-order valence-electron chi connectivity index (χ4n) is 0.775. The van der Waals surface area contributed by atoms with Crippen molar-refractivity contribution >= 4 is 5.97 Å². The normalized spacial score (nSPS) is 9.75. The number of aromatic nitrogens is 1. The molecule has 0 fully saturated rings. The number of hydrogen-bond donors (Lipinski definition) is 3. The number of aromatic carboxylic acids is 1. The molecular weight excluding hydrogens is 162 g/mol. The third-order valence-electron chi connectivity index (χ3n) is 1.37. The van der Waals surface area contributed by atoms with Crippen molar-refractivity contribution in [3.8, 4) is 0 Å². The molecule has 0 unspecified atom stereocenters. The Morgan fingerprint density at radius 3 is 2.58 bits per heavy atom. The predicted molar refractivity (Wildman–Crippen MR) is 39.9 cm³/mol. The summed E-state index contributed by atoms with van der Waals surface area (Å²) in [6.45, 7) is -0.310.